The normalized spacial score (nSPS) is 14.4. The zero-order valence-corrected chi connectivity index (χ0v) is 15.5. The van der Waals surface area contributed by atoms with Gasteiger partial charge in [0, 0.05) is 25.5 Å². The van der Waals surface area contributed by atoms with Crippen molar-refractivity contribution in [3.05, 3.63) is 54.6 Å². The van der Waals surface area contributed by atoms with Gasteiger partial charge in [0.25, 0.3) is 0 Å². The van der Waals surface area contributed by atoms with Gasteiger partial charge in [-0.05, 0) is 18.2 Å². The summed E-state index contributed by atoms with van der Waals surface area (Å²) >= 11 is 0. The number of nitrogens with one attached hydrogen (secondary N) is 2. The van der Waals surface area contributed by atoms with Gasteiger partial charge in [-0.25, -0.2) is 14.4 Å². The number of aromatic amines is 1. The minimum absolute atomic E-state index is 0.317. The number of H-pyrrole nitrogens is 1. The molecular weight excluding hydrogens is 375 g/mol. The summed E-state index contributed by atoms with van der Waals surface area (Å²) in [6.07, 6.45) is 5.10. The van der Waals surface area contributed by atoms with E-state index >= 15 is 0 Å². The zero-order valence-electron chi connectivity index (χ0n) is 15.5. The van der Waals surface area contributed by atoms with Crippen LogP contribution in [0.3, 0.4) is 0 Å². The first-order valence-electron chi connectivity index (χ1n) is 9.34. The molecule has 1 saturated heterocycles. The number of ether oxygens (including phenoxy) is 1. The fourth-order valence-corrected chi connectivity index (χ4v) is 3.29. The third-order valence-electron chi connectivity index (χ3n) is 4.74. The largest absolute Gasteiger partial charge is 0.378 e. The Morgan fingerprint density at radius 2 is 2.07 bits per heavy atom. The van der Waals surface area contributed by atoms with E-state index in [0.717, 1.165) is 5.82 Å². The molecule has 0 aliphatic carbocycles. The van der Waals surface area contributed by atoms with Crippen molar-refractivity contribution in [2.24, 2.45) is 0 Å². The summed E-state index contributed by atoms with van der Waals surface area (Å²) in [7, 11) is 0. The molecule has 1 fully saturated rings. The highest BCUT2D eigenvalue weighted by molar-refractivity contribution is 5.85. The summed E-state index contributed by atoms with van der Waals surface area (Å²) in [6.45, 7) is 3.13. The summed E-state index contributed by atoms with van der Waals surface area (Å²) in [5.41, 5.74) is 1.86. The highest BCUT2D eigenvalue weighted by Crippen LogP contribution is 2.26. The van der Waals surface area contributed by atoms with Crippen molar-refractivity contribution >= 4 is 22.9 Å². The average Bonchev–Trinajstić information content (AvgIpc) is 3.42. The van der Waals surface area contributed by atoms with E-state index in [0.29, 0.717) is 61.5 Å². The second-order valence-corrected chi connectivity index (χ2v) is 6.63. The highest BCUT2D eigenvalue weighted by Gasteiger charge is 2.20. The van der Waals surface area contributed by atoms with Gasteiger partial charge in [-0.15, -0.1) is 0 Å². The minimum atomic E-state index is -0.317. The van der Waals surface area contributed by atoms with Gasteiger partial charge in [0.05, 0.1) is 25.4 Å². The molecule has 0 saturated carbocycles. The molecule has 10 heteroatoms. The van der Waals surface area contributed by atoms with E-state index in [9.17, 15) is 4.39 Å². The maximum absolute atomic E-state index is 13.8. The van der Waals surface area contributed by atoms with Gasteiger partial charge in [-0.2, -0.15) is 9.97 Å². The Kier molecular flexibility index (Phi) is 4.53. The first-order chi connectivity index (χ1) is 14.3. The van der Waals surface area contributed by atoms with Gasteiger partial charge in [-0.3, -0.25) is 4.57 Å². The maximum Gasteiger partial charge on any atom is 0.229 e. The van der Waals surface area contributed by atoms with Gasteiger partial charge in [-0.1, -0.05) is 6.07 Å². The molecule has 5 rings (SSSR count). The van der Waals surface area contributed by atoms with Crippen LogP contribution in [0.15, 0.2) is 43.0 Å². The standard InChI is InChI=1S/C19H19FN8O/c20-13-2-1-3-14(10-13)28-12-24-16-17(23-11-15-21-4-5-22-15)25-19(26-18(16)28)27-6-8-29-9-7-27/h1-5,10,12H,6-9,11H2,(H,21,22)(H,23,25,26). The van der Waals surface area contributed by atoms with Crippen LogP contribution in [0.1, 0.15) is 5.82 Å². The van der Waals surface area contributed by atoms with Crippen LogP contribution in [-0.4, -0.2) is 55.8 Å². The number of benzene rings is 1. The predicted octanol–water partition coefficient (Wildman–Crippen LogP) is 2.13. The molecule has 0 amide bonds. The second-order valence-electron chi connectivity index (χ2n) is 6.63. The predicted molar refractivity (Wildman–Crippen MR) is 106 cm³/mol. The fraction of sp³-hybridized carbons (Fsp3) is 0.263. The van der Waals surface area contributed by atoms with Crippen molar-refractivity contribution in [1.82, 2.24) is 29.5 Å². The maximum atomic E-state index is 13.8. The van der Waals surface area contributed by atoms with Crippen molar-refractivity contribution in [2.75, 3.05) is 36.5 Å². The van der Waals surface area contributed by atoms with Crippen molar-refractivity contribution in [2.45, 2.75) is 6.54 Å². The third-order valence-corrected chi connectivity index (χ3v) is 4.74. The van der Waals surface area contributed by atoms with E-state index in [2.05, 4.69) is 25.2 Å². The number of aromatic nitrogens is 6. The molecule has 0 bridgehead atoms. The fourth-order valence-electron chi connectivity index (χ4n) is 3.29. The lowest BCUT2D eigenvalue weighted by Crippen LogP contribution is -2.37. The lowest BCUT2D eigenvalue weighted by atomic mass is 10.3. The number of rotatable bonds is 5. The second kappa shape index (κ2) is 7.47. The number of hydrogen-bond acceptors (Lipinski definition) is 7. The SMILES string of the molecule is Fc1cccc(-n2cnc3c(NCc4ncc[nH]4)nc(N4CCOCC4)nc32)c1. The Bertz CT molecular complexity index is 1120. The summed E-state index contributed by atoms with van der Waals surface area (Å²) in [4.78, 5) is 23.3. The Hall–Kier alpha value is -3.53. The quantitative estimate of drug-likeness (QED) is 0.535. The van der Waals surface area contributed by atoms with Crippen molar-refractivity contribution < 1.29 is 9.13 Å². The van der Waals surface area contributed by atoms with E-state index in [1.807, 2.05) is 6.07 Å². The van der Waals surface area contributed by atoms with Crippen LogP contribution in [0.2, 0.25) is 0 Å². The van der Waals surface area contributed by atoms with Gasteiger partial charge in [0.15, 0.2) is 17.0 Å². The number of anilines is 2. The van der Waals surface area contributed by atoms with E-state index < -0.39 is 0 Å². The van der Waals surface area contributed by atoms with Gasteiger partial charge >= 0.3 is 0 Å². The molecule has 1 aliphatic heterocycles. The van der Waals surface area contributed by atoms with E-state index in [-0.39, 0.29) is 5.82 Å². The molecule has 29 heavy (non-hydrogen) atoms. The van der Waals surface area contributed by atoms with Crippen LogP contribution in [0.25, 0.3) is 16.9 Å². The van der Waals surface area contributed by atoms with Gasteiger partial charge < -0.3 is 19.9 Å². The van der Waals surface area contributed by atoms with Crippen LogP contribution in [0.4, 0.5) is 16.2 Å². The number of nitrogens with zero attached hydrogens (tertiary/aromatic N) is 6. The van der Waals surface area contributed by atoms with Crippen LogP contribution in [0, 0.1) is 5.82 Å². The molecule has 4 aromatic rings. The van der Waals surface area contributed by atoms with E-state index in [4.69, 9.17) is 14.7 Å². The molecule has 1 aliphatic rings. The van der Waals surface area contributed by atoms with Crippen LogP contribution in [-0.2, 0) is 11.3 Å². The molecule has 3 aromatic heterocycles. The Labute approximate surface area is 165 Å². The van der Waals surface area contributed by atoms with Crippen molar-refractivity contribution in [1.29, 1.82) is 0 Å². The molecule has 2 N–H and O–H groups in total. The monoisotopic (exact) mass is 394 g/mol. The lowest BCUT2D eigenvalue weighted by Gasteiger charge is -2.27. The van der Waals surface area contributed by atoms with Crippen LogP contribution in [0.5, 0.6) is 0 Å². The molecule has 0 radical (unpaired) electrons. The lowest BCUT2D eigenvalue weighted by molar-refractivity contribution is 0.122. The summed E-state index contributed by atoms with van der Waals surface area (Å²) in [5, 5.41) is 3.29. The zero-order chi connectivity index (χ0) is 19.6. The summed E-state index contributed by atoms with van der Waals surface area (Å²) < 4.78 is 21.0. The molecule has 0 unspecified atom stereocenters. The molecular formula is C19H19FN8O. The van der Waals surface area contributed by atoms with E-state index in [1.165, 1.54) is 12.1 Å². The molecule has 148 valence electrons. The van der Waals surface area contributed by atoms with E-state index in [1.54, 1.807) is 29.4 Å². The third kappa shape index (κ3) is 3.49. The van der Waals surface area contributed by atoms with Crippen molar-refractivity contribution in [3.8, 4) is 5.69 Å². The topological polar surface area (TPSA) is 96.8 Å². The number of fused-ring (bicyclic) bond motifs is 1. The Balaban J connectivity index is 1.59. The molecule has 0 atom stereocenters. The van der Waals surface area contributed by atoms with Crippen LogP contribution < -0.4 is 10.2 Å². The Morgan fingerprint density at radius 3 is 2.86 bits per heavy atom. The van der Waals surface area contributed by atoms with Crippen molar-refractivity contribution in [3.63, 3.8) is 0 Å². The summed E-state index contributed by atoms with van der Waals surface area (Å²) in [5.74, 6) is 1.65. The average molecular weight is 394 g/mol. The smallest absolute Gasteiger partial charge is 0.229 e. The number of hydrogen-bond donors (Lipinski definition) is 2. The molecule has 9 nitrogen and oxygen atoms in total. The number of halogens is 1. The summed E-state index contributed by atoms with van der Waals surface area (Å²) in [6, 6.07) is 6.34. The minimum Gasteiger partial charge on any atom is -0.378 e. The molecule has 4 heterocycles. The highest BCUT2D eigenvalue weighted by atomic mass is 19.1. The van der Waals surface area contributed by atoms with Gasteiger partial charge in [0.2, 0.25) is 5.95 Å². The molecule has 0 spiro atoms. The number of morpholine rings is 1. The first kappa shape index (κ1) is 17.6. The van der Waals surface area contributed by atoms with Crippen LogP contribution >= 0.6 is 0 Å². The molecule has 1 aromatic carbocycles. The van der Waals surface area contributed by atoms with Gasteiger partial charge in [0.1, 0.15) is 18.0 Å². The first-order valence-corrected chi connectivity index (χ1v) is 9.34. The Morgan fingerprint density at radius 1 is 1.17 bits per heavy atom. The number of imidazole rings is 2.